The first-order valence-electron chi connectivity index (χ1n) is 7.85. The van der Waals surface area contributed by atoms with Gasteiger partial charge in [0.2, 0.25) is 0 Å². The van der Waals surface area contributed by atoms with E-state index < -0.39 is 0 Å². The minimum atomic E-state index is 0.364. The summed E-state index contributed by atoms with van der Waals surface area (Å²) in [6.07, 6.45) is 2.70. The van der Waals surface area contributed by atoms with Gasteiger partial charge in [0, 0.05) is 22.0 Å². The standard InChI is InChI=1S/C18H24N2S/c1-14-9-10-18(21-14)15(2)19-17-8-4-3-7-16(17)13-20-11-5-6-12-20/h3-4,7-10,15,19H,5-6,11-13H2,1-2H3. The average Bonchev–Trinajstić information content (AvgIpc) is 3.12. The number of thiophene rings is 1. The molecule has 2 nitrogen and oxygen atoms in total. The van der Waals surface area contributed by atoms with Gasteiger partial charge in [0.25, 0.3) is 0 Å². The van der Waals surface area contributed by atoms with E-state index in [1.54, 1.807) is 0 Å². The second-order valence-corrected chi connectivity index (χ2v) is 7.27. The fourth-order valence-corrected chi connectivity index (χ4v) is 3.85. The molecule has 1 aliphatic rings. The molecule has 0 radical (unpaired) electrons. The molecule has 1 saturated heterocycles. The topological polar surface area (TPSA) is 15.3 Å². The zero-order valence-corrected chi connectivity index (χ0v) is 13.7. The molecule has 1 unspecified atom stereocenters. The van der Waals surface area contributed by atoms with Gasteiger partial charge in [-0.15, -0.1) is 11.3 Å². The normalized spacial score (nSPS) is 17.0. The number of anilines is 1. The van der Waals surface area contributed by atoms with E-state index in [0.29, 0.717) is 6.04 Å². The molecule has 112 valence electrons. The van der Waals surface area contributed by atoms with Crippen molar-refractivity contribution in [3.05, 3.63) is 51.7 Å². The Bertz CT molecular complexity index is 584. The number of rotatable bonds is 5. The quantitative estimate of drug-likeness (QED) is 0.851. The maximum absolute atomic E-state index is 3.70. The molecule has 1 fully saturated rings. The zero-order chi connectivity index (χ0) is 14.7. The first kappa shape index (κ1) is 14.6. The van der Waals surface area contributed by atoms with Crippen LogP contribution in [0, 0.1) is 6.92 Å². The molecule has 1 aromatic heterocycles. The van der Waals surface area contributed by atoms with Crippen LogP contribution in [-0.4, -0.2) is 18.0 Å². The van der Waals surface area contributed by atoms with Gasteiger partial charge in [0.15, 0.2) is 0 Å². The van der Waals surface area contributed by atoms with E-state index >= 15 is 0 Å². The summed E-state index contributed by atoms with van der Waals surface area (Å²) in [4.78, 5) is 5.34. The van der Waals surface area contributed by atoms with Crippen molar-refractivity contribution in [3.8, 4) is 0 Å². The molecule has 2 heterocycles. The number of aryl methyl sites for hydroxylation is 1. The van der Waals surface area contributed by atoms with Crippen molar-refractivity contribution in [1.82, 2.24) is 4.90 Å². The Labute approximate surface area is 131 Å². The lowest BCUT2D eigenvalue weighted by atomic mass is 10.1. The van der Waals surface area contributed by atoms with Crippen molar-refractivity contribution >= 4 is 17.0 Å². The van der Waals surface area contributed by atoms with Gasteiger partial charge < -0.3 is 5.32 Å². The van der Waals surface area contributed by atoms with Crippen LogP contribution in [0.3, 0.4) is 0 Å². The van der Waals surface area contributed by atoms with Crippen molar-refractivity contribution in [2.24, 2.45) is 0 Å². The van der Waals surface area contributed by atoms with Gasteiger partial charge >= 0.3 is 0 Å². The van der Waals surface area contributed by atoms with Crippen LogP contribution >= 0.6 is 11.3 Å². The Morgan fingerprint density at radius 3 is 2.62 bits per heavy atom. The van der Waals surface area contributed by atoms with E-state index in [9.17, 15) is 0 Å². The minimum absolute atomic E-state index is 0.364. The molecular weight excluding hydrogens is 276 g/mol. The molecule has 3 heteroatoms. The second kappa shape index (κ2) is 6.63. The number of likely N-dealkylation sites (tertiary alicyclic amines) is 1. The molecule has 21 heavy (non-hydrogen) atoms. The highest BCUT2D eigenvalue weighted by molar-refractivity contribution is 7.12. The SMILES string of the molecule is Cc1ccc(C(C)Nc2ccccc2CN2CCCC2)s1. The van der Waals surface area contributed by atoms with Crippen LogP contribution in [0.1, 0.15) is 41.1 Å². The fraction of sp³-hybridized carbons (Fsp3) is 0.444. The Kier molecular flexibility index (Phi) is 4.61. The number of nitrogens with one attached hydrogen (secondary N) is 1. The predicted molar refractivity (Wildman–Crippen MR) is 92.0 cm³/mol. The summed E-state index contributed by atoms with van der Waals surface area (Å²) in [7, 11) is 0. The molecule has 0 saturated carbocycles. The van der Waals surface area contributed by atoms with Crippen LogP contribution in [0.5, 0.6) is 0 Å². The van der Waals surface area contributed by atoms with Crippen LogP contribution in [0.25, 0.3) is 0 Å². The smallest absolute Gasteiger partial charge is 0.0578 e. The first-order chi connectivity index (χ1) is 10.2. The summed E-state index contributed by atoms with van der Waals surface area (Å²) in [5.41, 5.74) is 2.70. The van der Waals surface area contributed by atoms with Gasteiger partial charge in [-0.2, -0.15) is 0 Å². The van der Waals surface area contributed by atoms with E-state index in [4.69, 9.17) is 0 Å². The number of hydrogen-bond donors (Lipinski definition) is 1. The summed E-state index contributed by atoms with van der Waals surface area (Å²) in [6.45, 7) is 7.97. The Hall–Kier alpha value is -1.32. The molecule has 3 rings (SSSR count). The predicted octanol–water partition coefficient (Wildman–Crippen LogP) is 4.83. The van der Waals surface area contributed by atoms with Crippen molar-refractivity contribution in [3.63, 3.8) is 0 Å². The van der Waals surface area contributed by atoms with E-state index in [0.717, 1.165) is 6.54 Å². The van der Waals surface area contributed by atoms with Crippen molar-refractivity contribution < 1.29 is 0 Å². The van der Waals surface area contributed by atoms with Gasteiger partial charge in [-0.3, -0.25) is 4.90 Å². The maximum atomic E-state index is 3.70. The number of benzene rings is 1. The molecule has 0 spiro atoms. The Morgan fingerprint density at radius 1 is 1.14 bits per heavy atom. The van der Waals surface area contributed by atoms with Gasteiger partial charge in [-0.05, 0) is 63.5 Å². The first-order valence-corrected chi connectivity index (χ1v) is 8.67. The molecule has 1 N–H and O–H groups in total. The Morgan fingerprint density at radius 2 is 1.90 bits per heavy atom. The molecule has 1 atom stereocenters. The van der Waals surface area contributed by atoms with Crippen LogP contribution in [0.2, 0.25) is 0 Å². The van der Waals surface area contributed by atoms with Crippen LogP contribution in [0.4, 0.5) is 5.69 Å². The Balaban J connectivity index is 1.72. The highest BCUT2D eigenvalue weighted by Crippen LogP contribution is 2.28. The molecule has 0 bridgehead atoms. The minimum Gasteiger partial charge on any atom is -0.377 e. The van der Waals surface area contributed by atoms with E-state index in [1.807, 2.05) is 11.3 Å². The summed E-state index contributed by atoms with van der Waals surface area (Å²) in [5, 5.41) is 3.70. The number of para-hydroxylation sites is 1. The highest BCUT2D eigenvalue weighted by Gasteiger charge is 2.15. The van der Waals surface area contributed by atoms with Gasteiger partial charge in [0.1, 0.15) is 0 Å². The summed E-state index contributed by atoms with van der Waals surface area (Å²) < 4.78 is 0. The third-order valence-electron chi connectivity index (χ3n) is 4.17. The van der Waals surface area contributed by atoms with Crippen LogP contribution in [-0.2, 0) is 6.54 Å². The molecule has 2 aromatic rings. The summed E-state index contributed by atoms with van der Waals surface area (Å²) in [5.74, 6) is 0. The monoisotopic (exact) mass is 300 g/mol. The molecule has 1 aliphatic heterocycles. The van der Waals surface area contributed by atoms with Gasteiger partial charge in [0.05, 0.1) is 6.04 Å². The fourth-order valence-electron chi connectivity index (χ4n) is 2.97. The van der Waals surface area contributed by atoms with E-state index in [-0.39, 0.29) is 0 Å². The lowest BCUT2D eigenvalue weighted by molar-refractivity contribution is 0.332. The third-order valence-corrected chi connectivity index (χ3v) is 5.35. The van der Waals surface area contributed by atoms with Crippen molar-refractivity contribution in [1.29, 1.82) is 0 Å². The maximum Gasteiger partial charge on any atom is 0.0578 e. The van der Waals surface area contributed by atoms with Crippen molar-refractivity contribution in [2.75, 3.05) is 18.4 Å². The van der Waals surface area contributed by atoms with Crippen LogP contribution in [0.15, 0.2) is 36.4 Å². The lowest BCUT2D eigenvalue weighted by Crippen LogP contribution is -2.19. The van der Waals surface area contributed by atoms with Crippen LogP contribution < -0.4 is 5.32 Å². The largest absolute Gasteiger partial charge is 0.377 e. The van der Waals surface area contributed by atoms with E-state index in [2.05, 4.69) is 60.5 Å². The molecule has 1 aromatic carbocycles. The highest BCUT2D eigenvalue weighted by atomic mass is 32.1. The van der Waals surface area contributed by atoms with Gasteiger partial charge in [-0.25, -0.2) is 0 Å². The van der Waals surface area contributed by atoms with Crippen molar-refractivity contribution in [2.45, 2.75) is 39.3 Å². The average molecular weight is 300 g/mol. The lowest BCUT2D eigenvalue weighted by Gasteiger charge is -2.20. The zero-order valence-electron chi connectivity index (χ0n) is 12.9. The van der Waals surface area contributed by atoms with Gasteiger partial charge in [-0.1, -0.05) is 18.2 Å². The number of hydrogen-bond acceptors (Lipinski definition) is 3. The third kappa shape index (κ3) is 3.66. The second-order valence-electron chi connectivity index (χ2n) is 5.95. The summed E-state index contributed by atoms with van der Waals surface area (Å²) >= 11 is 1.88. The molecular formula is C18H24N2S. The van der Waals surface area contributed by atoms with E-state index in [1.165, 1.54) is 46.9 Å². The molecule has 0 amide bonds. The summed E-state index contributed by atoms with van der Waals surface area (Å²) in [6, 6.07) is 13.5. The molecule has 0 aliphatic carbocycles. The number of nitrogens with zero attached hydrogens (tertiary/aromatic N) is 1.